The predicted octanol–water partition coefficient (Wildman–Crippen LogP) is 2.82. The number of aromatic amines is 1. The molecule has 23 heavy (non-hydrogen) atoms. The number of hydrogen-bond acceptors (Lipinski definition) is 5. The van der Waals surface area contributed by atoms with E-state index in [1.807, 2.05) is 0 Å². The van der Waals surface area contributed by atoms with Gasteiger partial charge >= 0.3 is 0 Å². The smallest absolute Gasteiger partial charge is 0.187 e. The van der Waals surface area contributed by atoms with Crippen LogP contribution in [0.15, 0.2) is 10.9 Å². The Bertz CT molecular complexity index is 658. The molecule has 1 aliphatic heterocycles. The minimum Gasteiger partial charge on any atom is -0.353 e. The Morgan fingerprint density at radius 1 is 1.09 bits per heavy atom. The van der Waals surface area contributed by atoms with Gasteiger partial charge in [-0.3, -0.25) is 10.00 Å². The molecule has 6 nitrogen and oxygen atoms in total. The summed E-state index contributed by atoms with van der Waals surface area (Å²) in [7, 11) is 0. The van der Waals surface area contributed by atoms with E-state index < -0.39 is 0 Å². The summed E-state index contributed by atoms with van der Waals surface area (Å²) >= 11 is 3.53. The number of H-pyrrole nitrogens is 1. The first-order valence-corrected chi connectivity index (χ1v) is 9.42. The highest BCUT2D eigenvalue weighted by molar-refractivity contribution is 9.10. The van der Waals surface area contributed by atoms with Crippen molar-refractivity contribution in [3.05, 3.63) is 10.9 Å². The van der Waals surface area contributed by atoms with Crippen LogP contribution in [0, 0.1) is 5.92 Å². The second-order valence-electron chi connectivity index (χ2n) is 6.73. The molecule has 0 unspecified atom stereocenters. The Hall–Kier alpha value is -1.21. The molecule has 0 aromatic carbocycles. The molecule has 1 saturated carbocycles. The predicted molar refractivity (Wildman–Crippen MR) is 94.6 cm³/mol. The first kappa shape index (κ1) is 15.3. The number of nitrogens with zero attached hydrogens (tertiary/aromatic N) is 5. The van der Waals surface area contributed by atoms with Gasteiger partial charge in [-0.1, -0.05) is 19.3 Å². The Labute approximate surface area is 144 Å². The summed E-state index contributed by atoms with van der Waals surface area (Å²) in [5, 5.41) is 8.15. The third-order valence-electron chi connectivity index (χ3n) is 5.20. The van der Waals surface area contributed by atoms with Gasteiger partial charge in [-0.2, -0.15) is 5.10 Å². The summed E-state index contributed by atoms with van der Waals surface area (Å²) in [6, 6.07) is 0. The number of aromatic nitrogens is 4. The van der Waals surface area contributed by atoms with Crippen molar-refractivity contribution < 1.29 is 0 Å². The van der Waals surface area contributed by atoms with Crippen LogP contribution in [0.1, 0.15) is 32.1 Å². The van der Waals surface area contributed by atoms with E-state index >= 15 is 0 Å². The Kier molecular flexibility index (Phi) is 4.48. The summed E-state index contributed by atoms with van der Waals surface area (Å²) in [5.74, 6) is 1.91. The van der Waals surface area contributed by atoms with Crippen molar-refractivity contribution in [2.45, 2.75) is 32.1 Å². The van der Waals surface area contributed by atoms with Crippen molar-refractivity contribution in [3.8, 4) is 0 Å². The number of rotatable bonds is 3. The highest BCUT2D eigenvalue weighted by Gasteiger charge is 2.24. The van der Waals surface area contributed by atoms with Crippen molar-refractivity contribution in [2.24, 2.45) is 5.92 Å². The van der Waals surface area contributed by atoms with Gasteiger partial charge in [0.15, 0.2) is 5.65 Å². The maximum absolute atomic E-state index is 4.51. The van der Waals surface area contributed by atoms with Crippen molar-refractivity contribution in [2.75, 3.05) is 37.6 Å². The lowest BCUT2D eigenvalue weighted by Gasteiger charge is -2.37. The minimum atomic E-state index is 0.728. The molecule has 0 atom stereocenters. The lowest BCUT2D eigenvalue weighted by molar-refractivity contribution is 0.192. The van der Waals surface area contributed by atoms with Gasteiger partial charge in [-0.25, -0.2) is 9.97 Å². The van der Waals surface area contributed by atoms with E-state index in [2.05, 4.69) is 45.9 Å². The maximum atomic E-state index is 4.51. The van der Waals surface area contributed by atoms with Crippen molar-refractivity contribution in [3.63, 3.8) is 0 Å². The molecular weight excluding hydrogens is 356 g/mol. The Balaban J connectivity index is 1.41. The van der Waals surface area contributed by atoms with Crippen LogP contribution < -0.4 is 4.90 Å². The monoisotopic (exact) mass is 378 g/mol. The lowest BCUT2D eigenvalue weighted by Crippen LogP contribution is -2.48. The zero-order valence-electron chi connectivity index (χ0n) is 13.3. The van der Waals surface area contributed by atoms with Crippen molar-refractivity contribution >= 4 is 32.8 Å². The molecule has 1 saturated heterocycles. The van der Waals surface area contributed by atoms with E-state index in [1.54, 1.807) is 6.33 Å². The maximum Gasteiger partial charge on any atom is 0.187 e. The fraction of sp³-hybridized carbons (Fsp3) is 0.688. The van der Waals surface area contributed by atoms with Gasteiger partial charge in [0.2, 0.25) is 0 Å². The SMILES string of the molecule is Brc1[nH]nc2ncnc(N3CCN(CC4CCCCC4)CC3)c12. The van der Waals surface area contributed by atoms with E-state index in [9.17, 15) is 0 Å². The second-order valence-corrected chi connectivity index (χ2v) is 7.52. The van der Waals surface area contributed by atoms with Crippen LogP contribution in [-0.2, 0) is 0 Å². The zero-order chi connectivity index (χ0) is 15.6. The number of anilines is 1. The number of fused-ring (bicyclic) bond motifs is 1. The Morgan fingerprint density at radius 3 is 2.65 bits per heavy atom. The highest BCUT2D eigenvalue weighted by Crippen LogP contribution is 2.29. The van der Waals surface area contributed by atoms with Crippen molar-refractivity contribution in [1.29, 1.82) is 0 Å². The average Bonchev–Trinajstić information content (AvgIpc) is 2.98. The molecule has 124 valence electrons. The molecule has 0 amide bonds. The molecule has 1 aliphatic carbocycles. The van der Waals surface area contributed by atoms with Gasteiger partial charge in [0.25, 0.3) is 0 Å². The molecule has 3 heterocycles. The molecular formula is C16H23BrN6. The van der Waals surface area contributed by atoms with Crippen LogP contribution in [0.3, 0.4) is 0 Å². The summed E-state index contributed by atoms with van der Waals surface area (Å²) in [6.45, 7) is 5.57. The van der Waals surface area contributed by atoms with Gasteiger partial charge in [0.1, 0.15) is 16.7 Å². The van der Waals surface area contributed by atoms with Crippen LogP contribution in [-0.4, -0.2) is 57.8 Å². The van der Waals surface area contributed by atoms with Gasteiger partial charge in [-0.15, -0.1) is 0 Å². The van der Waals surface area contributed by atoms with E-state index in [4.69, 9.17) is 0 Å². The van der Waals surface area contributed by atoms with E-state index in [0.717, 1.165) is 53.6 Å². The molecule has 0 bridgehead atoms. The van der Waals surface area contributed by atoms with E-state index in [-0.39, 0.29) is 0 Å². The van der Waals surface area contributed by atoms with E-state index in [0.29, 0.717) is 0 Å². The standard InChI is InChI=1S/C16H23BrN6/c17-14-13-15(21-20-14)18-11-19-16(13)23-8-6-22(7-9-23)10-12-4-2-1-3-5-12/h11-12H,1-10H2,(H,18,19,20,21). The summed E-state index contributed by atoms with van der Waals surface area (Å²) in [5.41, 5.74) is 0.728. The molecule has 4 rings (SSSR count). The van der Waals surface area contributed by atoms with Crippen LogP contribution in [0.4, 0.5) is 5.82 Å². The molecule has 1 N–H and O–H groups in total. The summed E-state index contributed by atoms with van der Waals surface area (Å²) in [4.78, 5) is 13.7. The lowest BCUT2D eigenvalue weighted by atomic mass is 9.89. The molecule has 7 heteroatoms. The third-order valence-corrected chi connectivity index (χ3v) is 5.77. The van der Waals surface area contributed by atoms with E-state index in [1.165, 1.54) is 38.6 Å². The van der Waals surface area contributed by atoms with Gasteiger partial charge in [-0.05, 0) is 34.7 Å². The average molecular weight is 379 g/mol. The molecule has 0 radical (unpaired) electrons. The van der Waals surface area contributed by atoms with Gasteiger partial charge < -0.3 is 4.90 Å². The number of hydrogen-bond donors (Lipinski definition) is 1. The van der Waals surface area contributed by atoms with Crippen molar-refractivity contribution in [1.82, 2.24) is 25.1 Å². The normalized spacial score (nSPS) is 21.2. The Morgan fingerprint density at radius 2 is 1.87 bits per heavy atom. The fourth-order valence-electron chi connectivity index (χ4n) is 3.92. The number of nitrogens with one attached hydrogen (secondary N) is 1. The molecule has 2 fully saturated rings. The minimum absolute atomic E-state index is 0.728. The molecule has 2 aliphatic rings. The van der Waals surface area contributed by atoms with Gasteiger partial charge in [0, 0.05) is 32.7 Å². The quantitative estimate of drug-likeness (QED) is 0.889. The summed E-state index contributed by atoms with van der Waals surface area (Å²) in [6.07, 6.45) is 8.76. The third kappa shape index (κ3) is 3.21. The first-order chi connectivity index (χ1) is 11.3. The molecule has 0 spiro atoms. The number of piperazine rings is 1. The fourth-order valence-corrected chi connectivity index (χ4v) is 4.37. The van der Waals surface area contributed by atoms with Crippen LogP contribution >= 0.6 is 15.9 Å². The van der Waals surface area contributed by atoms with Gasteiger partial charge in [0.05, 0.1) is 5.39 Å². The molecule has 2 aromatic rings. The topological polar surface area (TPSA) is 60.9 Å². The first-order valence-electron chi connectivity index (χ1n) is 8.63. The zero-order valence-corrected chi connectivity index (χ0v) is 14.9. The number of halogens is 1. The van der Waals surface area contributed by atoms with Crippen LogP contribution in [0.25, 0.3) is 11.0 Å². The molecule has 2 aromatic heterocycles. The van der Waals surface area contributed by atoms with Crippen LogP contribution in [0.2, 0.25) is 0 Å². The summed E-state index contributed by atoms with van der Waals surface area (Å²) < 4.78 is 0.868. The highest BCUT2D eigenvalue weighted by atomic mass is 79.9. The second kappa shape index (κ2) is 6.73. The largest absolute Gasteiger partial charge is 0.353 e. The van der Waals surface area contributed by atoms with Crippen LogP contribution in [0.5, 0.6) is 0 Å².